The fourth-order valence-corrected chi connectivity index (χ4v) is 3.71. The molecule has 1 aliphatic rings. The number of likely N-dealkylation sites (tertiary alicyclic amines) is 1. The van der Waals surface area contributed by atoms with E-state index in [0.717, 1.165) is 36.2 Å². The maximum absolute atomic E-state index is 12.6. The first-order valence-corrected chi connectivity index (χ1v) is 10.2. The van der Waals surface area contributed by atoms with E-state index in [2.05, 4.69) is 4.90 Å². The lowest BCUT2D eigenvalue weighted by atomic mass is 10.1. The average molecular weight is 463 g/mol. The van der Waals surface area contributed by atoms with Gasteiger partial charge in [0, 0.05) is 23.0 Å². The third-order valence-electron chi connectivity index (χ3n) is 5.34. The number of hydrogen-bond acceptors (Lipinski definition) is 5. The number of carbonyl (C=O) groups excluding carboxylic acids is 1. The maximum atomic E-state index is 12.6. The van der Waals surface area contributed by atoms with Gasteiger partial charge in [0.1, 0.15) is 18.1 Å². The number of esters is 1. The Morgan fingerprint density at radius 2 is 1.55 bits per heavy atom. The summed E-state index contributed by atoms with van der Waals surface area (Å²) in [7, 11) is 0. The normalized spacial score (nSPS) is 13.7. The van der Waals surface area contributed by atoms with Gasteiger partial charge in [0.25, 0.3) is 0 Å². The zero-order valence-corrected chi connectivity index (χ0v) is 18.9. The Morgan fingerprint density at radius 3 is 2.26 bits per heavy atom. The molecule has 1 aliphatic heterocycles. The number of carbonyl (C=O) groups is 1. The molecule has 0 bridgehead atoms. The molecule has 0 spiro atoms. The van der Waals surface area contributed by atoms with Crippen molar-refractivity contribution in [1.29, 1.82) is 0 Å². The summed E-state index contributed by atoms with van der Waals surface area (Å²) in [5.74, 6) is 0.859. The Kier molecular flexibility index (Phi) is 9.44. The van der Waals surface area contributed by atoms with Gasteiger partial charge < -0.3 is 15.2 Å². The number of benzene rings is 3. The van der Waals surface area contributed by atoms with E-state index in [0.29, 0.717) is 23.6 Å². The molecule has 2 N–H and O–H groups in total. The molecular formula is C24H28Cl2N2O3. The van der Waals surface area contributed by atoms with Crippen molar-refractivity contribution in [3.63, 3.8) is 0 Å². The average Bonchev–Trinajstić information content (AvgIpc) is 2.77. The molecule has 7 heteroatoms. The number of hydrogen-bond donors (Lipinski definition) is 1. The molecule has 3 aromatic rings. The summed E-state index contributed by atoms with van der Waals surface area (Å²) in [4.78, 5) is 15.0. The molecule has 1 saturated heterocycles. The Balaban J connectivity index is 0.00000171. The molecule has 0 aromatic heterocycles. The summed E-state index contributed by atoms with van der Waals surface area (Å²) >= 11 is 0. The second kappa shape index (κ2) is 11.8. The number of ether oxygens (including phenoxy) is 2. The Bertz CT molecular complexity index is 990. The molecule has 166 valence electrons. The number of nitrogens with zero attached hydrogens (tertiary/aromatic N) is 1. The summed E-state index contributed by atoms with van der Waals surface area (Å²) in [6.07, 6.45) is 3.89. The van der Waals surface area contributed by atoms with E-state index in [-0.39, 0.29) is 24.8 Å². The molecule has 4 rings (SSSR count). The molecule has 0 atom stereocenters. The molecule has 1 fully saturated rings. The standard InChI is InChI=1S/C24H26N2O3.2ClH/c25-22-12-13-23(21-7-3-2-6-20(21)22)29-24(27)18-8-10-19(11-9-18)28-17-16-26-14-4-1-5-15-26;;/h2-3,6-13H,1,4-5,14-17,25H2;2*1H. The highest BCUT2D eigenvalue weighted by Gasteiger charge is 2.13. The lowest BCUT2D eigenvalue weighted by molar-refractivity contribution is 0.0737. The minimum absolute atomic E-state index is 0. The minimum atomic E-state index is -0.403. The van der Waals surface area contributed by atoms with Crippen molar-refractivity contribution >= 4 is 47.2 Å². The van der Waals surface area contributed by atoms with E-state index in [1.807, 2.05) is 36.4 Å². The monoisotopic (exact) mass is 462 g/mol. The van der Waals surface area contributed by atoms with Crippen molar-refractivity contribution in [3.8, 4) is 11.5 Å². The van der Waals surface area contributed by atoms with E-state index in [1.165, 1.54) is 19.3 Å². The molecule has 0 radical (unpaired) electrons. The quantitative estimate of drug-likeness (QED) is 0.303. The zero-order chi connectivity index (χ0) is 20.1. The minimum Gasteiger partial charge on any atom is -0.492 e. The summed E-state index contributed by atoms with van der Waals surface area (Å²) in [6.45, 7) is 3.91. The van der Waals surface area contributed by atoms with Crippen LogP contribution in [0, 0.1) is 0 Å². The van der Waals surface area contributed by atoms with Crippen molar-refractivity contribution in [2.75, 3.05) is 32.0 Å². The van der Waals surface area contributed by atoms with Gasteiger partial charge in [-0.05, 0) is 62.3 Å². The first-order chi connectivity index (χ1) is 14.2. The van der Waals surface area contributed by atoms with E-state index < -0.39 is 5.97 Å². The largest absolute Gasteiger partial charge is 0.492 e. The molecular weight excluding hydrogens is 435 g/mol. The first kappa shape index (κ1) is 24.8. The van der Waals surface area contributed by atoms with Gasteiger partial charge >= 0.3 is 5.97 Å². The molecule has 1 heterocycles. The predicted octanol–water partition coefficient (Wildman–Crippen LogP) is 5.35. The Hall–Kier alpha value is -2.47. The van der Waals surface area contributed by atoms with Gasteiger partial charge in [-0.3, -0.25) is 4.90 Å². The fourth-order valence-electron chi connectivity index (χ4n) is 3.71. The third-order valence-corrected chi connectivity index (χ3v) is 5.34. The SMILES string of the molecule is Cl.Cl.Nc1ccc(OC(=O)c2ccc(OCCN3CCCCC3)cc2)c2ccccc12. The molecule has 5 nitrogen and oxygen atoms in total. The van der Waals surface area contributed by atoms with Crippen LogP contribution in [0.15, 0.2) is 60.7 Å². The van der Waals surface area contributed by atoms with Gasteiger partial charge in [-0.2, -0.15) is 0 Å². The second-order valence-electron chi connectivity index (χ2n) is 7.36. The summed E-state index contributed by atoms with van der Waals surface area (Å²) in [6, 6.07) is 18.2. The van der Waals surface area contributed by atoms with Gasteiger partial charge in [-0.25, -0.2) is 4.79 Å². The zero-order valence-electron chi connectivity index (χ0n) is 17.3. The van der Waals surface area contributed by atoms with E-state index >= 15 is 0 Å². The fraction of sp³-hybridized carbons (Fsp3) is 0.292. The highest BCUT2D eigenvalue weighted by Crippen LogP contribution is 2.30. The number of nitrogen functional groups attached to an aromatic ring is 1. The van der Waals surface area contributed by atoms with Crippen LogP contribution < -0.4 is 15.2 Å². The molecule has 0 aliphatic carbocycles. The van der Waals surface area contributed by atoms with Gasteiger partial charge in [0.15, 0.2) is 0 Å². The molecule has 0 saturated carbocycles. The van der Waals surface area contributed by atoms with Crippen LogP contribution in [0.5, 0.6) is 11.5 Å². The maximum Gasteiger partial charge on any atom is 0.343 e. The lowest BCUT2D eigenvalue weighted by Gasteiger charge is -2.26. The van der Waals surface area contributed by atoms with Gasteiger partial charge in [-0.1, -0.05) is 30.7 Å². The van der Waals surface area contributed by atoms with Crippen LogP contribution in [-0.4, -0.2) is 37.1 Å². The highest BCUT2D eigenvalue weighted by atomic mass is 35.5. The first-order valence-electron chi connectivity index (χ1n) is 10.2. The topological polar surface area (TPSA) is 64.8 Å². The smallest absolute Gasteiger partial charge is 0.343 e. The number of piperidine rings is 1. The third kappa shape index (κ3) is 6.26. The van der Waals surface area contributed by atoms with Crippen LogP contribution in [0.4, 0.5) is 5.69 Å². The number of fused-ring (bicyclic) bond motifs is 1. The van der Waals surface area contributed by atoms with Crippen LogP contribution in [0.1, 0.15) is 29.6 Å². The number of rotatable bonds is 6. The Labute approximate surface area is 195 Å². The predicted molar refractivity (Wildman–Crippen MR) is 130 cm³/mol. The van der Waals surface area contributed by atoms with E-state index in [4.69, 9.17) is 15.2 Å². The van der Waals surface area contributed by atoms with Crippen molar-refractivity contribution in [1.82, 2.24) is 4.90 Å². The van der Waals surface area contributed by atoms with E-state index in [9.17, 15) is 4.79 Å². The van der Waals surface area contributed by atoms with Crippen molar-refractivity contribution in [2.24, 2.45) is 0 Å². The van der Waals surface area contributed by atoms with Crippen LogP contribution in [0.25, 0.3) is 10.8 Å². The number of nitrogens with two attached hydrogens (primary N) is 1. The van der Waals surface area contributed by atoms with Crippen molar-refractivity contribution in [3.05, 3.63) is 66.2 Å². The summed E-state index contributed by atoms with van der Waals surface area (Å²) in [5, 5.41) is 1.69. The molecule has 31 heavy (non-hydrogen) atoms. The second-order valence-corrected chi connectivity index (χ2v) is 7.36. The summed E-state index contributed by atoms with van der Waals surface area (Å²) < 4.78 is 11.5. The summed E-state index contributed by atoms with van der Waals surface area (Å²) in [5.41, 5.74) is 7.15. The Morgan fingerprint density at radius 1 is 0.871 bits per heavy atom. The van der Waals surface area contributed by atoms with Crippen LogP contribution in [-0.2, 0) is 0 Å². The van der Waals surface area contributed by atoms with Gasteiger partial charge in [0.05, 0.1) is 5.56 Å². The van der Waals surface area contributed by atoms with Crippen LogP contribution >= 0.6 is 24.8 Å². The lowest BCUT2D eigenvalue weighted by Crippen LogP contribution is -2.33. The van der Waals surface area contributed by atoms with Crippen molar-refractivity contribution < 1.29 is 14.3 Å². The van der Waals surface area contributed by atoms with Gasteiger partial charge in [-0.15, -0.1) is 24.8 Å². The molecule has 0 amide bonds. The van der Waals surface area contributed by atoms with E-state index in [1.54, 1.807) is 24.3 Å². The molecule has 3 aromatic carbocycles. The van der Waals surface area contributed by atoms with Crippen LogP contribution in [0.3, 0.4) is 0 Å². The highest BCUT2D eigenvalue weighted by molar-refractivity contribution is 6.00. The number of halogens is 2. The number of anilines is 1. The van der Waals surface area contributed by atoms with Crippen molar-refractivity contribution in [2.45, 2.75) is 19.3 Å². The van der Waals surface area contributed by atoms with Crippen LogP contribution in [0.2, 0.25) is 0 Å². The molecule has 0 unspecified atom stereocenters. The van der Waals surface area contributed by atoms with Gasteiger partial charge in [0.2, 0.25) is 0 Å².